The maximum absolute atomic E-state index is 11.0. The van der Waals surface area contributed by atoms with E-state index in [0.29, 0.717) is 5.56 Å². The van der Waals surface area contributed by atoms with Crippen molar-refractivity contribution in [3.63, 3.8) is 0 Å². The highest BCUT2D eigenvalue weighted by molar-refractivity contribution is 5.72. The van der Waals surface area contributed by atoms with Crippen LogP contribution in [0.4, 0.5) is 5.69 Å². The average molecular weight is 254 g/mol. The predicted octanol–water partition coefficient (Wildman–Crippen LogP) is 3.14. The Morgan fingerprint density at radius 2 is 1.89 bits per heavy atom. The van der Waals surface area contributed by atoms with Gasteiger partial charge in [-0.1, -0.05) is 30.3 Å². The van der Waals surface area contributed by atoms with Crippen LogP contribution in [0.5, 0.6) is 5.75 Å². The van der Waals surface area contributed by atoms with Gasteiger partial charge in [0.1, 0.15) is 11.6 Å². The van der Waals surface area contributed by atoms with Crippen molar-refractivity contribution in [2.75, 3.05) is 7.11 Å². The van der Waals surface area contributed by atoms with Crippen LogP contribution in [-0.4, -0.2) is 12.0 Å². The smallest absolute Gasteiger partial charge is 0.328 e. The Bertz CT molecular complexity index is 660. The second kappa shape index (κ2) is 5.19. The molecular formula is C14H10N2O3. The molecule has 0 atom stereocenters. The fourth-order valence-corrected chi connectivity index (χ4v) is 1.83. The summed E-state index contributed by atoms with van der Waals surface area (Å²) in [5.41, 5.74) is 1.26. The lowest BCUT2D eigenvalue weighted by Crippen LogP contribution is -1.97. The van der Waals surface area contributed by atoms with Gasteiger partial charge < -0.3 is 4.74 Å². The SMILES string of the molecule is COc1cc(-c2ccccc2)cc(C#N)c1[N+](=O)[O-]. The van der Waals surface area contributed by atoms with Gasteiger partial charge >= 0.3 is 5.69 Å². The molecule has 5 nitrogen and oxygen atoms in total. The van der Waals surface area contributed by atoms with E-state index in [1.165, 1.54) is 13.2 Å². The second-order valence-electron chi connectivity index (χ2n) is 3.81. The van der Waals surface area contributed by atoms with Crippen LogP contribution in [0, 0.1) is 21.4 Å². The lowest BCUT2D eigenvalue weighted by molar-refractivity contribution is -0.386. The largest absolute Gasteiger partial charge is 0.490 e. The number of nitro groups is 1. The van der Waals surface area contributed by atoms with E-state index in [9.17, 15) is 10.1 Å². The van der Waals surface area contributed by atoms with Gasteiger partial charge in [-0.15, -0.1) is 0 Å². The maximum atomic E-state index is 11.0. The molecule has 0 aliphatic rings. The van der Waals surface area contributed by atoms with Crippen molar-refractivity contribution in [1.82, 2.24) is 0 Å². The number of rotatable bonds is 3. The molecule has 0 amide bonds. The van der Waals surface area contributed by atoms with Crippen LogP contribution in [0.1, 0.15) is 5.56 Å². The van der Waals surface area contributed by atoms with Crippen LogP contribution >= 0.6 is 0 Å². The highest BCUT2D eigenvalue weighted by atomic mass is 16.6. The Labute approximate surface area is 109 Å². The molecule has 0 heterocycles. The molecule has 0 aliphatic carbocycles. The maximum Gasteiger partial charge on any atom is 0.328 e. The summed E-state index contributed by atoms with van der Waals surface area (Å²) in [5, 5.41) is 20.0. The minimum atomic E-state index is -0.605. The van der Waals surface area contributed by atoms with E-state index in [1.807, 2.05) is 36.4 Å². The average Bonchev–Trinajstić information content (AvgIpc) is 2.46. The molecule has 0 aliphatic heterocycles. The minimum Gasteiger partial charge on any atom is -0.490 e. The highest BCUT2D eigenvalue weighted by Crippen LogP contribution is 2.35. The van der Waals surface area contributed by atoms with Gasteiger partial charge in [-0.05, 0) is 23.3 Å². The van der Waals surface area contributed by atoms with E-state index >= 15 is 0 Å². The monoisotopic (exact) mass is 254 g/mol. The van der Waals surface area contributed by atoms with Crippen LogP contribution in [0.2, 0.25) is 0 Å². The van der Waals surface area contributed by atoms with Crippen molar-refractivity contribution in [1.29, 1.82) is 5.26 Å². The molecule has 5 heteroatoms. The molecule has 0 saturated heterocycles. The number of methoxy groups -OCH3 is 1. The van der Waals surface area contributed by atoms with E-state index in [4.69, 9.17) is 10.00 Å². The van der Waals surface area contributed by atoms with Crippen LogP contribution < -0.4 is 4.74 Å². The number of hydrogen-bond acceptors (Lipinski definition) is 4. The van der Waals surface area contributed by atoms with E-state index in [0.717, 1.165) is 5.56 Å². The first kappa shape index (κ1) is 12.6. The normalized spacial score (nSPS) is 9.68. The van der Waals surface area contributed by atoms with Gasteiger partial charge in [0, 0.05) is 0 Å². The second-order valence-corrected chi connectivity index (χ2v) is 3.81. The molecule has 0 aromatic heterocycles. The molecule has 0 saturated carbocycles. The van der Waals surface area contributed by atoms with Gasteiger partial charge in [0.25, 0.3) is 0 Å². The number of ether oxygens (including phenoxy) is 1. The first-order valence-electron chi connectivity index (χ1n) is 5.49. The highest BCUT2D eigenvalue weighted by Gasteiger charge is 2.22. The summed E-state index contributed by atoms with van der Waals surface area (Å²) in [6, 6.07) is 14.2. The number of benzene rings is 2. The molecule has 0 radical (unpaired) electrons. The zero-order valence-electron chi connectivity index (χ0n) is 10.2. The zero-order valence-corrected chi connectivity index (χ0v) is 10.2. The fraction of sp³-hybridized carbons (Fsp3) is 0.0714. The molecule has 0 bridgehead atoms. The number of nitro benzene ring substituents is 1. The zero-order chi connectivity index (χ0) is 13.8. The van der Waals surface area contributed by atoms with E-state index in [2.05, 4.69) is 0 Å². The van der Waals surface area contributed by atoms with E-state index < -0.39 is 4.92 Å². The molecule has 0 spiro atoms. The summed E-state index contributed by atoms with van der Waals surface area (Å²) >= 11 is 0. The van der Waals surface area contributed by atoms with Crippen LogP contribution in [0.3, 0.4) is 0 Å². The van der Waals surface area contributed by atoms with Crippen molar-refractivity contribution in [3.8, 4) is 22.9 Å². The number of hydrogen-bond donors (Lipinski definition) is 0. The van der Waals surface area contributed by atoms with E-state index in [-0.39, 0.29) is 17.0 Å². The van der Waals surface area contributed by atoms with Gasteiger partial charge in [0.15, 0.2) is 5.75 Å². The molecule has 2 rings (SSSR count). The summed E-state index contributed by atoms with van der Waals surface area (Å²) < 4.78 is 5.02. The summed E-state index contributed by atoms with van der Waals surface area (Å²) in [5.74, 6) is 0.0860. The first-order valence-corrected chi connectivity index (χ1v) is 5.49. The Hall–Kier alpha value is -2.87. The van der Waals surface area contributed by atoms with Gasteiger partial charge in [0.05, 0.1) is 12.0 Å². The van der Waals surface area contributed by atoms with Gasteiger partial charge in [-0.3, -0.25) is 10.1 Å². The Kier molecular flexibility index (Phi) is 3.44. The van der Waals surface area contributed by atoms with Crippen molar-refractivity contribution in [3.05, 3.63) is 58.1 Å². The van der Waals surface area contributed by atoms with Crippen molar-refractivity contribution >= 4 is 5.69 Å². The van der Waals surface area contributed by atoms with E-state index in [1.54, 1.807) is 6.07 Å². The quantitative estimate of drug-likeness (QED) is 0.622. The Balaban J connectivity index is 2.68. The lowest BCUT2D eigenvalue weighted by atomic mass is 10.0. The van der Waals surface area contributed by atoms with Gasteiger partial charge in [-0.25, -0.2) is 0 Å². The summed E-state index contributed by atoms with van der Waals surface area (Å²) in [6.45, 7) is 0. The van der Waals surface area contributed by atoms with Gasteiger partial charge in [-0.2, -0.15) is 5.26 Å². The number of nitrogens with zero attached hydrogens (tertiary/aromatic N) is 2. The summed E-state index contributed by atoms with van der Waals surface area (Å²) in [6.07, 6.45) is 0. The standard InChI is InChI=1S/C14H10N2O3/c1-19-13-8-11(10-5-3-2-4-6-10)7-12(9-15)14(13)16(17)18/h2-8H,1H3. The topological polar surface area (TPSA) is 76.2 Å². The third-order valence-corrected chi connectivity index (χ3v) is 2.71. The summed E-state index contributed by atoms with van der Waals surface area (Å²) in [4.78, 5) is 10.4. The minimum absolute atomic E-state index is 0.0109. The Morgan fingerprint density at radius 3 is 2.42 bits per heavy atom. The molecule has 19 heavy (non-hydrogen) atoms. The molecular weight excluding hydrogens is 244 g/mol. The molecule has 0 N–H and O–H groups in total. The van der Waals surface area contributed by atoms with Gasteiger partial charge in [0.2, 0.25) is 0 Å². The number of nitriles is 1. The van der Waals surface area contributed by atoms with Crippen LogP contribution in [0.15, 0.2) is 42.5 Å². The molecule has 2 aromatic carbocycles. The Morgan fingerprint density at radius 1 is 1.21 bits per heavy atom. The molecule has 2 aromatic rings. The van der Waals surface area contributed by atoms with Crippen molar-refractivity contribution < 1.29 is 9.66 Å². The third-order valence-electron chi connectivity index (χ3n) is 2.71. The van der Waals surface area contributed by atoms with Crippen molar-refractivity contribution in [2.45, 2.75) is 0 Å². The van der Waals surface area contributed by atoms with Crippen LogP contribution in [-0.2, 0) is 0 Å². The summed E-state index contributed by atoms with van der Waals surface area (Å²) in [7, 11) is 1.35. The predicted molar refractivity (Wildman–Crippen MR) is 69.8 cm³/mol. The first-order chi connectivity index (χ1) is 9.17. The fourth-order valence-electron chi connectivity index (χ4n) is 1.83. The van der Waals surface area contributed by atoms with Crippen molar-refractivity contribution in [2.24, 2.45) is 0 Å². The lowest BCUT2D eigenvalue weighted by Gasteiger charge is -2.07. The molecule has 0 unspecified atom stereocenters. The molecule has 0 fully saturated rings. The third kappa shape index (κ3) is 2.38. The van der Waals surface area contributed by atoms with Crippen LogP contribution in [0.25, 0.3) is 11.1 Å². The molecule has 94 valence electrons.